The van der Waals surface area contributed by atoms with Gasteiger partial charge in [0.1, 0.15) is 5.75 Å². The molecule has 0 bridgehead atoms. The van der Waals surface area contributed by atoms with E-state index in [0.717, 1.165) is 9.54 Å². The fourth-order valence-corrected chi connectivity index (χ4v) is 3.13. The van der Waals surface area contributed by atoms with Gasteiger partial charge in [-0.15, -0.1) is 11.3 Å². The van der Waals surface area contributed by atoms with Crippen LogP contribution in [0, 0.1) is 0 Å². The van der Waals surface area contributed by atoms with Gasteiger partial charge in [0.25, 0.3) is 0 Å². The number of nitrogens with one attached hydrogen (secondary N) is 1. The molecular weight excluding hydrogens is 310 g/mol. The van der Waals surface area contributed by atoms with E-state index in [1.807, 2.05) is 26.1 Å². The van der Waals surface area contributed by atoms with Gasteiger partial charge in [0.05, 0.1) is 16.4 Å². The van der Waals surface area contributed by atoms with Gasteiger partial charge in [-0.25, -0.2) is 0 Å². The largest absolute Gasteiger partial charge is 0.494 e. The van der Waals surface area contributed by atoms with Crippen LogP contribution in [0.1, 0.15) is 24.1 Å². The molecule has 0 saturated heterocycles. The maximum Gasteiger partial charge on any atom is 0.119 e. The van der Waals surface area contributed by atoms with Gasteiger partial charge in [-0.3, -0.25) is 0 Å². The molecule has 4 heteroatoms. The zero-order chi connectivity index (χ0) is 13.0. The quantitative estimate of drug-likeness (QED) is 0.888. The predicted molar refractivity (Wildman–Crippen MR) is 80.5 cm³/mol. The van der Waals surface area contributed by atoms with E-state index < -0.39 is 0 Å². The van der Waals surface area contributed by atoms with E-state index in [0.29, 0.717) is 6.61 Å². The van der Waals surface area contributed by atoms with Crippen LogP contribution in [0.3, 0.4) is 0 Å². The highest BCUT2D eigenvalue weighted by atomic mass is 79.9. The third-order valence-corrected chi connectivity index (χ3v) is 4.26. The van der Waals surface area contributed by atoms with Gasteiger partial charge >= 0.3 is 0 Å². The summed E-state index contributed by atoms with van der Waals surface area (Å²) in [5.41, 5.74) is 2.52. The first kappa shape index (κ1) is 13.6. The molecule has 0 spiro atoms. The Morgan fingerprint density at radius 3 is 2.50 bits per heavy atom. The van der Waals surface area contributed by atoms with Crippen molar-refractivity contribution in [2.45, 2.75) is 13.0 Å². The third-order valence-electron chi connectivity index (χ3n) is 2.73. The second-order valence-corrected chi connectivity index (χ2v) is 6.20. The molecule has 1 N–H and O–H groups in total. The second-order valence-electron chi connectivity index (χ2n) is 3.91. The van der Waals surface area contributed by atoms with E-state index in [2.05, 4.69) is 44.8 Å². The normalized spacial score (nSPS) is 12.4. The van der Waals surface area contributed by atoms with Gasteiger partial charge < -0.3 is 10.1 Å². The zero-order valence-electron chi connectivity index (χ0n) is 10.4. The van der Waals surface area contributed by atoms with E-state index >= 15 is 0 Å². The van der Waals surface area contributed by atoms with Crippen molar-refractivity contribution < 1.29 is 4.74 Å². The molecule has 0 saturated carbocycles. The Balaban J connectivity index is 2.22. The molecule has 0 aliphatic rings. The Bertz CT molecular complexity index is 495. The highest BCUT2D eigenvalue weighted by Crippen LogP contribution is 2.29. The summed E-state index contributed by atoms with van der Waals surface area (Å²) in [5.74, 6) is 0.919. The van der Waals surface area contributed by atoms with Crippen LogP contribution in [0.5, 0.6) is 5.75 Å². The van der Waals surface area contributed by atoms with E-state index in [1.165, 1.54) is 11.1 Å². The predicted octanol–water partition coefficient (Wildman–Crippen LogP) is 4.22. The number of halogens is 1. The standard InChI is InChI=1S/C14H16BrNOS/c1-3-17-12-6-4-10(5-7-12)14(16-2)11-8-13(15)18-9-11/h4-9,14,16H,3H2,1-2H3. The van der Waals surface area contributed by atoms with Crippen molar-refractivity contribution in [2.24, 2.45) is 0 Å². The van der Waals surface area contributed by atoms with Crippen LogP contribution in [0.2, 0.25) is 0 Å². The Morgan fingerprint density at radius 1 is 1.28 bits per heavy atom. The maximum atomic E-state index is 5.46. The van der Waals surface area contributed by atoms with Gasteiger partial charge in [0.2, 0.25) is 0 Å². The first-order valence-corrected chi connectivity index (χ1v) is 7.55. The Kier molecular flexibility index (Phi) is 4.80. The summed E-state index contributed by atoms with van der Waals surface area (Å²) in [6, 6.07) is 10.6. The minimum Gasteiger partial charge on any atom is -0.494 e. The summed E-state index contributed by atoms with van der Waals surface area (Å²) in [5, 5.41) is 5.51. The number of benzene rings is 1. The van der Waals surface area contributed by atoms with Crippen LogP contribution in [0.4, 0.5) is 0 Å². The molecule has 2 aromatic rings. The molecule has 2 rings (SSSR count). The molecule has 96 valence electrons. The van der Waals surface area contributed by atoms with Crippen LogP contribution in [-0.2, 0) is 0 Å². The monoisotopic (exact) mass is 325 g/mol. The first-order valence-electron chi connectivity index (χ1n) is 5.88. The zero-order valence-corrected chi connectivity index (χ0v) is 12.8. The molecule has 0 aliphatic heterocycles. The maximum absolute atomic E-state index is 5.46. The first-order chi connectivity index (χ1) is 8.74. The average molecular weight is 326 g/mol. The van der Waals surface area contributed by atoms with Gasteiger partial charge in [0, 0.05) is 0 Å². The van der Waals surface area contributed by atoms with Crippen molar-refractivity contribution in [3.63, 3.8) is 0 Å². The molecule has 2 nitrogen and oxygen atoms in total. The van der Waals surface area contributed by atoms with Crippen molar-refractivity contribution in [3.8, 4) is 5.75 Å². The lowest BCUT2D eigenvalue weighted by atomic mass is 10.0. The summed E-state index contributed by atoms with van der Waals surface area (Å²) < 4.78 is 6.61. The summed E-state index contributed by atoms with van der Waals surface area (Å²) in [6.45, 7) is 2.69. The molecule has 1 aromatic carbocycles. The van der Waals surface area contributed by atoms with E-state index in [4.69, 9.17) is 4.74 Å². The van der Waals surface area contributed by atoms with Crippen LogP contribution < -0.4 is 10.1 Å². The summed E-state index contributed by atoms with van der Waals surface area (Å²) in [6.07, 6.45) is 0. The number of hydrogen-bond acceptors (Lipinski definition) is 3. The minimum absolute atomic E-state index is 0.225. The summed E-state index contributed by atoms with van der Waals surface area (Å²) in [7, 11) is 1.98. The fourth-order valence-electron chi connectivity index (χ4n) is 1.92. The molecule has 0 aliphatic carbocycles. The lowest BCUT2D eigenvalue weighted by Gasteiger charge is -2.16. The van der Waals surface area contributed by atoms with Crippen molar-refractivity contribution in [3.05, 3.63) is 50.6 Å². The van der Waals surface area contributed by atoms with E-state index in [-0.39, 0.29) is 6.04 Å². The molecule has 1 heterocycles. The molecule has 0 fully saturated rings. The molecule has 0 amide bonds. The third kappa shape index (κ3) is 3.13. The Hall–Kier alpha value is -0.840. The van der Waals surface area contributed by atoms with Gasteiger partial charge in [-0.05, 0) is 64.6 Å². The SMILES string of the molecule is CCOc1ccc(C(NC)c2csc(Br)c2)cc1. The highest BCUT2D eigenvalue weighted by Gasteiger charge is 2.13. The number of hydrogen-bond donors (Lipinski definition) is 1. The van der Waals surface area contributed by atoms with Gasteiger partial charge in [-0.2, -0.15) is 0 Å². The Morgan fingerprint density at radius 2 is 2.00 bits per heavy atom. The molecular formula is C14H16BrNOS. The van der Waals surface area contributed by atoms with Gasteiger partial charge in [0.15, 0.2) is 0 Å². The molecule has 1 unspecified atom stereocenters. The highest BCUT2D eigenvalue weighted by molar-refractivity contribution is 9.11. The lowest BCUT2D eigenvalue weighted by molar-refractivity contribution is 0.340. The molecule has 1 aromatic heterocycles. The van der Waals surface area contributed by atoms with E-state index in [9.17, 15) is 0 Å². The fraction of sp³-hybridized carbons (Fsp3) is 0.286. The topological polar surface area (TPSA) is 21.3 Å². The summed E-state index contributed by atoms with van der Waals surface area (Å²) >= 11 is 5.21. The minimum atomic E-state index is 0.225. The van der Waals surface area contributed by atoms with Crippen molar-refractivity contribution >= 4 is 27.3 Å². The van der Waals surface area contributed by atoms with Crippen molar-refractivity contribution in [1.29, 1.82) is 0 Å². The van der Waals surface area contributed by atoms with Crippen LogP contribution in [0.15, 0.2) is 39.5 Å². The lowest BCUT2D eigenvalue weighted by Crippen LogP contribution is -2.16. The molecule has 0 radical (unpaired) electrons. The van der Waals surface area contributed by atoms with E-state index in [1.54, 1.807) is 11.3 Å². The van der Waals surface area contributed by atoms with Crippen LogP contribution >= 0.6 is 27.3 Å². The average Bonchev–Trinajstić information content (AvgIpc) is 2.79. The second kappa shape index (κ2) is 6.36. The number of rotatable bonds is 5. The number of ether oxygens (including phenoxy) is 1. The molecule has 1 atom stereocenters. The number of thiophene rings is 1. The smallest absolute Gasteiger partial charge is 0.119 e. The van der Waals surface area contributed by atoms with Crippen LogP contribution in [0.25, 0.3) is 0 Å². The van der Waals surface area contributed by atoms with Crippen molar-refractivity contribution in [2.75, 3.05) is 13.7 Å². The van der Waals surface area contributed by atoms with Crippen molar-refractivity contribution in [1.82, 2.24) is 5.32 Å². The molecule has 18 heavy (non-hydrogen) atoms. The summed E-state index contributed by atoms with van der Waals surface area (Å²) in [4.78, 5) is 0. The Labute approximate surface area is 120 Å². The van der Waals surface area contributed by atoms with Gasteiger partial charge in [-0.1, -0.05) is 12.1 Å². The van der Waals surface area contributed by atoms with Crippen LogP contribution in [-0.4, -0.2) is 13.7 Å².